The molecule has 0 aliphatic heterocycles. The minimum Gasteiger partial charge on any atom is -0.379 e. The predicted octanol–water partition coefficient (Wildman–Crippen LogP) is 4.81. The quantitative estimate of drug-likeness (QED) is 0.719. The first-order valence-corrected chi connectivity index (χ1v) is 7.52. The fourth-order valence-electron chi connectivity index (χ4n) is 2.12. The summed E-state index contributed by atoms with van der Waals surface area (Å²) in [5.41, 5.74) is 3.41. The monoisotopic (exact) mass is 367 g/mol. The predicted molar refractivity (Wildman–Crippen MR) is 86.4 cm³/mol. The molecule has 6 heteroatoms. The number of anilines is 1. The van der Waals surface area contributed by atoms with E-state index in [0.717, 1.165) is 22.6 Å². The van der Waals surface area contributed by atoms with Gasteiger partial charge in [0.1, 0.15) is 11.5 Å². The van der Waals surface area contributed by atoms with Crippen LogP contribution in [0.3, 0.4) is 0 Å². The van der Waals surface area contributed by atoms with Gasteiger partial charge in [0.25, 0.3) is 0 Å². The van der Waals surface area contributed by atoms with Gasteiger partial charge in [-0.15, -0.1) is 0 Å². The largest absolute Gasteiger partial charge is 0.379 e. The summed E-state index contributed by atoms with van der Waals surface area (Å²) in [6.45, 7) is 2.44. The number of aryl methyl sites for hydroxylation is 1. The molecule has 0 fully saturated rings. The van der Waals surface area contributed by atoms with Crippen LogP contribution in [0.2, 0.25) is 5.02 Å². The van der Waals surface area contributed by atoms with Gasteiger partial charge >= 0.3 is 0 Å². The van der Waals surface area contributed by atoms with E-state index in [-0.39, 0.29) is 5.82 Å². The Morgan fingerprint density at radius 2 is 2.14 bits per heavy atom. The lowest BCUT2D eigenvalue weighted by Crippen LogP contribution is -2.02. The second-order valence-electron chi connectivity index (χ2n) is 4.78. The molecule has 1 aromatic carbocycles. The van der Waals surface area contributed by atoms with E-state index in [9.17, 15) is 4.39 Å². The second-order valence-corrected chi connectivity index (χ2v) is 6.07. The number of hydrogen-bond acceptors (Lipinski definition) is 2. The molecule has 0 radical (unpaired) electrons. The SMILES string of the molecule is Cc1cc(Br)c(F)cc1NCc1cn2cc(Cl)ccc2n1. The zero-order chi connectivity index (χ0) is 15.0. The molecule has 2 aromatic heterocycles. The third kappa shape index (κ3) is 3.04. The summed E-state index contributed by atoms with van der Waals surface area (Å²) in [5.74, 6) is -0.287. The average molecular weight is 369 g/mol. The van der Waals surface area contributed by atoms with E-state index in [4.69, 9.17) is 11.6 Å². The number of rotatable bonds is 3. The average Bonchev–Trinajstić information content (AvgIpc) is 2.83. The molecule has 0 saturated heterocycles. The summed E-state index contributed by atoms with van der Waals surface area (Å²) in [5, 5.41) is 3.86. The third-order valence-corrected chi connectivity index (χ3v) is 4.02. The first kappa shape index (κ1) is 14.4. The molecule has 3 rings (SSSR count). The van der Waals surface area contributed by atoms with Crippen LogP contribution in [-0.4, -0.2) is 9.38 Å². The lowest BCUT2D eigenvalue weighted by molar-refractivity contribution is 0.621. The molecule has 0 aliphatic rings. The summed E-state index contributed by atoms with van der Waals surface area (Å²) in [6, 6.07) is 6.89. The van der Waals surface area contributed by atoms with E-state index >= 15 is 0 Å². The van der Waals surface area contributed by atoms with Gasteiger partial charge in [-0.2, -0.15) is 0 Å². The Morgan fingerprint density at radius 3 is 2.95 bits per heavy atom. The summed E-state index contributed by atoms with van der Waals surface area (Å²) in [6.07, 6.45) is 3.71. The van der Waals surface area contributed by atoms with Crippen LogP contribution in [0.5, 0.6) is 0 Å². The lowest BCUT2D eigenvalue weighted by atomic mass is 10.2. The number of hydrogen-bond donors (Lipinski definition) is 1. The Morgan fingerprint density at radius 1 is 1.33 bits per heavy atom. The first-order chi connectivity index (χ1) is 10.0. The van der Waals surface area contributed by atoms with Crippen LogP contribution < -0.4 is 5.32 Å². The van der Waals surface area contributed by atoms with Gasteiger partial charge in [-0.3, -0.25) is 0 Å². The summed E-state index contributed by atoms with van der Waals surface area (Å²) in [4.78, 5) is 4.48. The highest BCUT2D eigenvalue weighted by molar-refractivity contribution is 9.10. The van der Waals surface area contributed by atoms with Gasteiger partial charge < -0.3 is 9.72 Å². The summed E-state index contributed by atoms with van der Waals surface area (Å²) in [7, 11) is 0. The highest BCUT2D eigenvalue weighted by Crippen LogP contribution is 2.24. The van der Waals surface area contributed by atoms with Gasteiger partial charge in [-0.25, -0.2) is 9.37 Å². The van der Waals surface area contributed by atoms with Crippen molar-refractivity contribution in [2.75, 3.05) is 5.32 Å². The number of nitrogens with zero attached hydrogens (tertiary/aromatic N) is 2. The highest BCUT2D eigenvalue weighted by atomic mass is 79.9. The van der Waals surface area contributed by atoms with Crippen LogP contribution in [0.15, 0.2) is 41.1 Å². The zero-order valence-corrected chi connectivity index (χ0v) is 13.5. The zero-order valence-electron chi connectivity index (χ0n) is 11.2. The van der Waals surface area contributed by atoms with Gasteiger partial charge in [0, 0.05) is 18.1 Å². The fourth-order valence-corrected chi connectivity index (χ4v) is 2.75. The molecule has 0 bridgehead atoms. The van der Waals surface area contributed by atoms with Crippen molar-refractivity contribution in [1.82, 2.24) is 9.38 Å². The normalized spacial score (nSPS) is 11.0. The molecule has 0 saturated carbocycles. The van der Waals surface area contributed by atoms with E-state index in [1.54, 1.807) is 18.3 Å². The van der Waals surface area contributed by atoms with Crippen molar-refractivity contribution >= 4 is 38.9 Å². The Labute approximate surface area is 134 Å². The maximum atomic E-state index is 13.6. The van der Waals surface area contributed by atoms with Crippen molar-refractivity contribution in [1.29, 1.82) is 0 Å². The van der Waals surface area contributed by atoms with E-state index in [0.29, 0.717) is 16.0 Å². The van der Waals surface area contributed by atoms with Crippen LogP contribution in [0, 0.1) is 12.7 Å². The number of fused-ring (bicyclic) bond motifs is 1. The van der Waals surface area contributed by atoms with E-state index < -0.39 is 0 Å². The minimum absolute atomic E-state index is 0.287. The van der Waals surface area contributed by atoms with Crippen molar-refractivity contribution in [3.8, 4) is 0 Å². The van der Waals surface area contributed by atoms with Crippen LogP contribution in [0.4, 0.5) is 10.1 Å². The molecule has 0 atom stereocenters. The lowest BCUT2D eigenvalue weighted by Gasteiger charge is -2.09. The molecule has 108 valence electrons. The Balaban J connectivity index is 1.81. The number of aromatic nitrogens is 2. The fraction of sp³-hybridized carbons (Fsp3) is 0.133. The Kier molecular flexibility index (Phi) is 3.87. The number of nitrogens with one attached hydrogen (secondary N) is 1. The van der Waals surface area contributed by atoms with Gasteiger partial charge in [0.2, 0.25) is 0 Å². The van der Waals surface area contributed by atoms with Gasteiger partial charge in [0.15, 0.2) is 0 Å². The molecule has 3 aromatic rings. The maximum Gasteiger partial charge on any atom is 0.139 e. The highest BCUT2D eigenvalue weighted by Gasteiger charge is 2.07. The molecule has 3 nitrogen and oxygen atoms in total. The van der Waals surface area contributed by atoms with Crippen molar-refractivity contribution in [3.63, 3.8) is 0 Å². The molecule has 1 N–H and O–H groups in total. The maximum absolute atomic E-state index is 13.6. The number of halogens is 3. The van der Waals surface area contributed by atoms with E-state index in [2.05, 4.69) is 26.2 Å². The van der Waals surface area contributed by atoms with Crippen molar-refractivity contribution < 1.29 is 4.39 Å². The number of pyridine rings is 1. The Hall–Kier alpha value is -1.59. The Bertz CT molecular complexity index is 816. The number of benzene rings is 1. The standard InChI is InChI=1S/C15H12BrClFN3/c1-9-4-12(16)13(18)5-14(9)19-6-11-8-21-7-10(17)2-3-15(21)20-11/h2-5,7-8,19H,6H2,1H3. The molecular weight excluding hydrogens is 357 g/mol. The second kappa shape index (κ2) is 5.66. The minimum atomic E-state index is -0.287. The third-order valence-electron chi connectivity index (χ3n) is 3.19. The number of imidazole rings is 1. The topological polar surface area (TPSA) is 29.3 Å². The molecule has 0 unspecified atom stereocenters. The molecule has 21 heavy (non-hydrogen) atoms. The van der Waals surface area contributed by atoms with Crippen LogP contribution in [-0.2, 0) is 6.54 Å². The molecular formula is C15H12BrClFN3. The van der Waals surface area contributed by atoms with E-state index in [1.165, 1.54) is 6.07 Å². The molecule has 0 amide bonds. The van der Waals surface area contributed by atoms with Crippen LogP contribution in [0.25, 0.3) is 5.65 Å². The van der Waals surface area contributed by atoms with Gasteiger partial charge in [-0.1, -0.05) is 11.6 Å². The first-order valence-electron chi connectivity index (χ1n) is 6.35. The summed E-state index contributed by atoms with van der Waals surface area (Å²) < 4.78 is 15.9. The summed E-state index contributed by atoms with van der Waals surface area (Å²) >= 11 is 9.12. The van der Waals surface area contributed by atoms with Crippen LogP contribution >= 0.6 is 27.5 Å². The molecule has 0 spiro atoms. The molecule has 2 heterocycles. The van der Waals surface area contributed by atoms with Gasteiger partial charge in [-0.05, 0) is 52.7 Å². The van der Waals surface area contributed by atoms with E-state index in [1.807, 2.05) is 23.6 Å². The van der Waals surface area contributed by atoms with Gasteiger partial charge in [0.05, 0.1) is 21.7 Å². The van der Waals surface area contributed by atoms with Crippen molar-refractivity contribution in [2.45, 2.75) is 13.5 Å². The molecule has 0 aliphatic carbocycles. The van der Waals surface area contributed by atoms with Crippen molar-refractivity contribution in [3.05, 3.63) is 63.2 Å². The smallest absolute Gasteiger partial charge is 0.139 e. The van der Waals surface area contributed by atoms with Crippen LogP contribution in [0.1, 0.15) is 11.3 Å². The van der Waals surface area contributed by atoms with Crippen molar-refractivity contribution in [2.24, 2.45) is 0 Å².